The zero-order valence-corrected chi connectivity index (χ0v) is 19.0. The van der Waals surface area contributed by atoms with Crippen LogP contribution in [-0.2, 0) is 4.79 Å². The third kappa shape index (κ3) is 6.15. The Morgan fingerprint density at radius 1 is 1.10 bits per heavy atom. The molecule has 0 bridgehead atoms. The number of rotatable bonds is 7. The number of aromatic nitrogens is 1. The SMILES string of the molecule is C[C@@H](CCN1CCC([C@H](NC(=O)C(C)(C)C)c2ccccn2)CC1)c1ccccc1. The largest absolute Gasteiger partial charge is 0.347 e. The Bertz CT molecular complexity index is 777. The van der Waals surface area contributed by atoms with Gasteiger partial charge in [-0.3, -0.25) is 9.78 Å². The van der Waals surface area contributed by atoms with Gasteiger partial charge in [-0.1, -0.05) is 64.1 Å². The minimum absolute atomic E-state index is 0.0108. The van der Waals surface area contributed by atoms with Gasteiger partial charge in [-0.15, -0.1) is 0 Å². The first kappa shape index (κ1) is 22.5. The second-order valence-corrected chi connectivity index (χ2v) is 9.74. The predicted octanol–water partition coefficient (Wildman–Crippen LogP) is 5.19. The lowest BCUT2D eigenvalue weighted by atomic mass is 9.85. The maximum absolute atomic E-state index is 12.7. The van der Waals surface area contributed by atoms with Gasteiger partial charge in [-0.2, -0.15) is 0 Å². The van der Waals surface area contributed by atoms with E-state index < -0.39 is 5.41 Å². The average molecular weight is 408 g/mol. The van der Waals surface area contributed by atoms with E-state index in [1.54, 1.807) is 0 Å². The van der Waals surface area contributed by atoms with Crippen LogP contribution in [-0.4, -0.2) is 35.4 Å². The fourth-order valence-electron chi connectivity index (χ4n) is 4.19. The van der Waals surface area contributed by atoms with Crippen molar-refractivity contribution in [2.75, 3.05) is 19.6 Å². The molecule has 0 saturated carbocycles. The molecule has 0 radical (unpaired) electrons. The van der Waals surface area contributed by atoms with Crippen LogP contribution in [0, 0.1) is 11.3 Å². The van der Waals surface area contributed by atoms with Crippen LogP contribution in [0.5, 0.6) is 0 Å². The van der Waals surface area contributed by atoms with E-state index in [0.717, 1.165) is 38.2 Å². The lowest BCUT2D eigenvalue weighted by molar-refractivity contribution is -0.129. The van der Waals surface area contributed by atoms with Crippen LogP contribution in [0.4, 0.5) is 0 Å². The van der Waals surface area contributed by atoms with Crippen LogP contribution < -0.4 is 5.32 Å². The highest BCUT2D eigenvalue weighted by Gasteiger charge is 2.32. The molecule has 1 aromatic carbocycles. The summed E-state index contributed by atoms with van der Waals surface area (Å²) in [5.41, 5.74) is 2.00. The molecule has 1 amide bonds. The van der Waals surface area contributed by atoms with Crippen molar-refractivity contribution >= 4 is 5.91 Å². The lowest BCUT2D eigenvalue weighted by Gasteiger charge is -2.37. The monoisotopic (exact) mass is 407 g/mol. The molecule has 4 nitrogen and oxygen atoms in total. The van der Waals surface area contributed by atoms with E-state index in [4.69, 9.17) is 0 Å². The number of nitrogens with zero attached hydrogens (tertiary/aromatic N) is 2. The second kappa shape index (κ2) is 10.2. The van der Waals surface area contributed by atoms with Gasteiger partial charge in [0.2, 0.25) is 5.91 Å². The molecule has 3 rings (SSSR count). The van der Waals surface area contributed by atoms with Crippen LogP contribution in [0.25, 0.3) is 0 Å². The van der Waals surface area contributed by atoms with Gasteiger partial charge in [0, 0.05) is 11.6 Å². The summed E-state index contributed by atoms with van der Waals surface area (Å²) in [6.07, 6.45) is 5.18. The van der Waals surface area contributed by atoms with Crippen molar-refractivity contribution in [2.45, 2.75) is 58.9 Å². The molecule has 2 atom stereocenters. The molecule has 1 aliphatic rings. The molecule has 1 N–H and O–H groups in total. The Labute approximate surface area is 182 Å². The molecular weight excluding hydrogens is 370 g/mol. The Balaban J connectivity index is 1.57. The Morgan fingerprint density at radius 2 is 1.77 bits per heavy atom. The van der Waals surface area contributed by atoms with Crippen molar-refractivity contribution in [3.63, 3.8) is 0 Å². The highest BCUT2D eigenvalue weighted by atomic mass is 16.2. The molecule has 1 saturated heterocycles. The molecule has 0 spiro atoms. The van der Waals surface area contributed by atoms with Gasteiger partial charge in [-0.25, -0.2) is 0 Å². The van der Waals surface area contributed by atoms with Crippen LogP contribution in [0.1, 0.15) is 70.2 Å². The number of carbonyl (C=O) groups is 1. The molecule has 1 aromatic heterocycles. The molecular formula is C26H37N3O. The summed E-state index contributed by atoms with van der Waals surface area (Å²) >= 11 is 0. The number of hydrogen-bond acceptors (Lipinski definition) is 3. The van der Waals surface area contributed by atoms with Crippen molar-refractivity contribution in [2.24, 2.45) is 11.3 Å². The number of hydrogen-bond donors (Lipinski definition) is 1. The Hall–Kier alpha value is -2.20. The van der Waals surface area contributed by atoms with Gasteiger partial charge >= 0.3 is 0 Å². The highest BCUT2D eigenvalue weighted by molar-refractivity contribution is 5.81. The van der Waals surface area contributed by atoms with Crippen LogP contribution in [0.15, 0.2) is 54.7 Å². The van der Waals surface area contributed by atoms with Crippen molar-refractivity contribution in [3.05, 3.63) is 66.0 Å². The normalized spacial score (nSPS) is 18.0. The molecule has 162 valence electrons. The van der Waals surface area contributed by atoms with Gasteiger partial charge in [0.25, 0.3) is 0 Å². The molecule has 30 heavy (non-hydrogen) atoms. The third-order valence-electron chi connectivity index (χ3n) is 6.32. The van der Waals surface area contributed by atoms with Crippen molar-refractivity contribution in [1.82, 2.24) is 15.2 Å². The quantitative estimate of drug-likeness (QED) is 0.687. The minimum atomic E-state index is -0.401. The first-order valence-corrected chi connectivity index (χ1v) is 11.3. The maximum Gasteiger partial charge on any atom is 0.225 e. The average Bonchev–Trinajstić information content (AvgIpc) is 2.76. The van der Waals surface area contributed by atoms with E-state index in [1.165, 1.54) is 12.0 Å². The van der Waals surface area contributed by atoms with Gasteiger partial charge in [0.05, 0.1) is 11.7 Å². The van der Waals surface area contributed by atoms with Crippen molar-refractivity contribution < 1.29 is 4.79 Å². The van der Waals surface area contributed by atoms with Gasteiger partial charge in [-0.05, 0) is 68.4 Å². The minimum Gasteiger partial charge on any atom is -0.347 e. The zero-order chi connectivity index (χ0) is 21.6. The molecule has 2 aromatic rings. The highest BCUT2D eigenvalue weighted by Crippen LogP contribution is 2.31. The number of benzene rings is 1. The summed E-state index contributed by atoms with van der Waals surface area (Å²) < 4.78 is 0. The molecule has 1 aliphatic heterocycles. The zero-order valence-electron chi connectivity index (χ0n) is 19.0. The Morgan fingerprint density at radius 3 is 2.37 bits per heavy atom. The number of amides is 1. The molecule has 1 fully saturated rings. The first-order valence-electron chi connectivity index (χ1n) is 11.3. The van der Waals surface area contributed by atoms with E-state index in [1.807, 2.05) is 45.2 Å². The van der Waals surface area contributed by atoms with Crippen LogP contribution >= 0.6 is 0 Å². The standard InChI is InChI=1S/C26H37N3O/c1-20(21-10-6-5-7-11-21)13-17-29-18-14-22(15-19-29)24(23-12-8-9-16-27-23)28-25(30)26(2,3)4/h5-12,16,20,22,24H,13-15,17-19H2,1-4H3,(H,28,30)/t20-,24-/m0/s1. The smallest absolute Gasteiger partial charge is 0.225 e. The van der Waals surface area contributed by atoms with E-state index in [-0.39, 0.29) is 11.9 Å². The topological polar surface area (TPSA) is 45.2 Å². The molecule has 2 heterocycles. The van der Waals surface area contributed by atoms with Crippen molar-refractivity contribution in [3.8, 4) is 0 Å². The fraction of sp³-hybridized carbons (Fsp3) is 0.538. The van der Waals surface area contributed by atoms with Gasteiger partial charge < -0.3 is 10.2 Å². The number of nitrogens with one attached hydrogen (secondary N) is 1. The summed E-state index contributed by atoms with van der Waals surface area (Å²) in [5.74, 6) is 1.10. The fourth-order valence-corrected chi connectivity index (χ4v) is 4.19. The lowest BCUT2D eigenvalue weighted by Crippen LogP contribution is -2.44. The van der Waals surface area contributed by atoms with E-state index in [0.29, 0.717) is 11.8 Å². The van der Waals surface area contributed by atoms with E-state index >= 15 is 0 Å². The van der Waals surface area contributed by atoms with Crippen molar-refractivity contribution in [1.29, 1.82) is 0 Å². The maximum atomic E-state index is 12.7. The van der Waals surface area contributed by atoms with Crippen LogP contribution in [0.2, 0.25) is 0 Å². The molecule has 0 unspecified atom stereocenters. The van der Waals surface area contributed by atoms with E-state index in [9.17, 15) is 4.79 Å². The summed E-state index contributed by atoms with van der Waals surface area (Å²) in [6.45, 7) is 11.5. The second-order valence-electron chi connectivity index (χ2n) is 9.74. The summed E-state index contributed by atoms with van der Waals surface area (Å²) in [6, 6.07) is 16.8. The molecule has 4 heteroatoms. The summed E-state index contributed by atoms with van der Waals surface area (Å²) in [5, 5.41) is 3.31. The number of likely N-dealkylation sites (tertiary alicyclic amines) is 1. The van der Waals surface area contributed by atoms with Gasteiger partial charge in [0.1, 0.15) is 0 Å². The third-order valence-corrected chi connectivity index (χ3v) is 6.32. The molecule has 0 aliphatic carbocycles. The first-order chi connectivity index (χ1) is 14.3. The van der Waals surface area contributed by atoms with Gasteiger partial charge in [0.15, 0.2) is 0 Å². The summed E-state index contributed by atoms with van der Waals surface area (Å²) in [4.78, 5) is 19.9. The van der Waals surface area contributed by atoms with Crippen LogP contribution in [0.3, 0.4) is 0 Å². The number of pyridine rings is 1. The predicted molar refractivity (Wildman–Crippen MR) is 123 cm³/mol. The Kier molecular flexibility index (Phi) is 7.65. The number of carbonyl (C=O) groups excluding carboxylic acids is 1. The number of piperidine rings is 1. The van der Waals surface area contributed by atoms with E-state index in [2.05, 4.69) is 52.5 Å². The summed E-state index contributed by atoms with van der Waals surface area (Å²) in [7, 11) is 0.